The van der Waals surface area contributed by atoms with Gasteiger partial charge in [-0.1, -0.05) is 18.5 Å². The number of nitrogens with zero attached hydrogens (tertiary/aromatic N) is 5. The number of alkyl halides is 5. The van der Waals surface area contributed by atoms with Gasteiger partial charge >= 0.3 is 6.18 Å². The summed E-state index contributed by atoms with van der Waals surface area (Å²) in [6.07, 6.45) is -1.26. The Morgan fingerprint density at radius 1 is 1.28 bits per heavy atom. The van der Waals surface area contributed by atoms with E-state index in [0.29, 0.717) is 17.4 Å². The first kappa shape index (κ1) is 27.2. The molecule has 1 unspecified atom stereocenters. The summed E-state index contributed by atoms with van der Waals surface area (Å²) in [6.45, 7) is 0.544. The molecule has 2 aromatic rings. The maximum Gasteiger partial charge on any atom is 0.419 e. The highest BCUT2D eigenvalue weighted by Gasteiger charge is 2.46. The van der Waals surface area contributed by atoms with Crippen molar-refractivity contribution in [2.75, 3.05) is 25.5 Å². The average molecular weight is 532 g/mol. The number of aliphatic imine (C=N–C) groups is 1. The molecule has 0 bridgehead atoms. The maximum absolute atomic E-state index is 14.5. The van der Waals surface area contributed by atoms with E-state index in [2.05, 4.69) is 25.3 Å². The third kappa shape index (κ3) is 6.45. The van der Waals surface area contributed by atoms with Crippen molar-refractivity contribution in [2.24, 2.45) is 16.6 Å². The molecule has 1 aliphatic rings. The van der Waals surface area contributed by atoms with E-state index in [1.54, 1.807) is 6.92 Å². The van der Waals surface area contributed by atoms with Gasteiger partial charge in [0.1, 0.15) is 5.70 Å². The number of carbonyl (C=O) groups is 1. The zero-order valence-corrected chi connectivity index (χ0v) is 20.0. The first-order valence-electron chi connectivity index (χ1n) is 10.7. The normalized spacial score (nSPS) is 20.8. The van der Waals surface area contributed by atoms with Gasteiger partial charge in [-0.3, -0.25) is 14.8 Å². The van der Waals surface area contributed by atoms with E-state index in [-0.39, 0.29) is 29.5 Å². The van der Waals surface area contributed by atoms with Crippen LogP contribution < -0.4 is 11.1 Å². The second-order valence-electron chi connectivity index (χ2n) is 8.29. The van der Waals surface area contributed by atoms with Crippen LogP contribution in [0, 0.1) is 5.92 Å². The predicted molar refractivity (Wildman–Crippen MR) is 125 cm³/mol. The lowest BCUT2D eigenvalue weighted by Gasteiger charge is -2.43. The average Bonchev–Trinajstić information content (AvgIpc) is 2.80. The second-order valence-corrected chi connectivity index (χ2v) is 8.72. The molecule has 3 rings (SSSR count). The van der Waals surface area contributed by atoms with Crippen molar-refractivity contribution in [3.8, 4) is 0 Å². The van der Waals surface area contributed by atoms with Gasteiger partial charge in [0.25, 0.3) is 11.8 Å². The molecule has 3 N–H and O–H groups in total. The Hall–Kier alpha value is -3.35. The van der Waals surface area contributed by atoms with E-state index >= 15 is 0 Å². The monoisotopic (exact) mass is 531 g/mol. The smallest absolute Gasteiger partial charge is 0.394 e. The topological polar surface area (TPSA) is 109 Å². The quantitative estimate of drug-likeness (QED) is 0.332. The summed E-state index contributed by atoms with van der Waals surface area (Å²) in [4.78, 5) is 29.6. The van der Waals surface area contributed by atoms with Crippen molar-refractivity contribution in [2.45, 2.75) is 31.5 Å². The van der Waals surface area contributed by atoms with Gasteiger partial charge in [-0.05, 0) is 18.1 Å². The Labute approximate surface area is 208 Å². The zero-order chi connectivity index (χ0) is 26.7. The summed E-state index contributed by atoms with van der Waals surface area (Å²) in [6, 6.07) is 2.24. The van der Waals surface area contributed by atoms with Crippen molar-refractivity contribution in [3.05, 3.63) is 52.7 Å². The van der Waals surface area contributed by atoms with Gasteiger partial charge in [-0.25, -0.2) is 18.7 Å². The Balaban J connectivity index is 1.89. The first-order chi connectivity index (χ1) is 16.8. The molecule has 0 saturated carbocycles. The molecular weight excluding hydrogens is 509 g/mol. The first-order valence-corrected chi connectivity index (χ1v) is 11.1. The number of halogens is 6. The van der Waals surface area contributed by atoms with Gasteiger partial charge in [-0.15, -0.1) is 0 Å². The number of nitrogens with two attached hydrogens (primary N) is 1. The number of hydrogen-bond acceptors (Lipinski definition) is 7. The summed E-state index contributed by atoms with van der Waals surface area (Å²) < 4.78 is 67.2. The lowest BCUT2D eigenvalue weighted by Crippen LogP contribution is -2.58. The van der Waals surface area contributed by atoms with Gasteiger partial charge in [0.2, 0.25) is 5.95 Å². The van der Waals surface area contributed by atoms with Crippen LogP contribution in [0.3, 0.4) is 0 Å². The number of pyridine rings is 1. The third-order valence-electron chi connectivity index (χ3n) is 5.57. The van der Waals surface area contributed by atoms with Crippen molar-refractivity contribution in [1.82, 2.24) is 19.9 Å². The number of carbonyl (C=O) groups excluding carboxylic acids is 1. The number of anilines is 1. The molecule has 1 saturated heterocycles. The van der Waals surface area contributed by atoms with Crippen LogP contribution in [0.5, 0.6) is 0 Å². The van der Waals surface area contributed by atoms with Gasteiger partial charge in [-0.2, -0.15) is 13.2 Å². The molecule has 14 heteroatoms. The van der Waals surface area contributed by atoms with Crippen LogP contribution in [0.25, 0.3) is 5.57 Å². The van der Waals surface area contributed by atoms with Crippen molar-refractivity contribution in [1.29, 1.82) is 0 Å². The molecule has 1 aliphatic heterocycles. The molecule has 8 nitrogen and oxygen atoms in total. The summed E-state index contributed by atoms with van der Waals surface area (Å²) in [5.74, 6) is -4.88. The van der Waals surface area contributed by atoms with Crippen LogP contribution in [-0.4, -0.2) is 64.1 Å². The van der Waals surface area contributed by atoms with Gasteiger partial charge in [0.15, 0.2) is 0 Å². The Bertz CT molecular complexity index is 1140. The zero-order valence-electron chi connectivity index (χ0n) is 19.2. The molecule has 0 radical (unpaired) electrons. The molecule has 0 aliphatic carbocycles. The molecule has 1 amide bonds. The number of aromatic nitrogens is 3. The van der Waals surface area contributed by atoms with E-state index in [0.717, 1.165) is 4.90 Å². The minimum Gasteiger partial charge on any atom is -0.394 e. The molecule has 0 aromatic carbocycles. The van der Waals surface area contributed by atoms with Crippen LogP contribution in [0.15, 0.2) is 41.4 Å². The summed E-state index contributed by atoms with van der Waals surface area (Å²) in [5, 5.41) is 3.07. The number of amides is 1. The van der Waals surface area contributed by atoms with Gasteiger partial charge < -0.3 is 16.0 Å². The predicted octanol–water partition coefficient (Wildman–Crippen LogP) is 3.90. The Morgan fingerprint density at radius 3 is 2.50 bits per heavy atom. The molecule has 0 spiro atoms. The van der Waals surface area contributed by atoms with Crippen LogP contribution >= 0.6 is 11.6 Å². The fourth-order valence-electron chi connectivity index (χ4n) is 3.85. The fraction of sp³-hybridized carbons (Fsp3) is 0.409. The number of likely N-dealkylation sites (tertiary alicyclic amines) is 1. The highest BCUT2D eigenvalue weighted by atomic mass is 35.5. The lowest BCUT2D eigenvalue weighted by molar-refractivity contribution is -0.148. The van der Waals surface area contributed by atoms with Gasteiger partial charge in [0, 0.05) is 50.4 Å². The Kier molecular flexibility index (Phi) is 8.12. The SMILES string of the molecule is CN=CC(=C(N)C(=O)N1CC(F)(F)C[C@@H](C)C1CNc1ncc(C(F)(F)F)cn1)c1ccc(Cl)cn1. The number of allylic oxidation sites excluding steroid dienone is 1. The van der Waals surface area contributed by atoms with E-state index < -0.39 is 48.5 Å². The molecule has 2 atom stereocenters. The molecule has 1 fully saturated rings. The van der Waals surface area contributed by atoms with E-state index in [1.807, 2.05) is 0 Å². The van der Waals surface area contributed by atoms with Crippen LogP contribution in [-0.2, 0) is 11.0 Å². The summed E-state index contributed by atoms with van der Waals surface area (Å²) in [7, 11) is 1.45. The Morgan fingerprint density at radius 2 is 1.94 bits per heavy atom. The van der Waals surface area contributed by atoms with Gasteiger partial charge in [0.05, 0.1) is 28.9 Å². The van der Waals surface area contributed by atoms with E-state index in [4.69, 9.17) is 17.3 Å². The van der Waals surface area contributed by atoms with E-state index in [1.165, 1.54) is 31.6 Å². The third-order valence-corrected chi connectivity index (χ3v) is 5.79. The molecule has 2 aromatic heterocycles. The molecule has 3 heterocycles. The standard InChI is InChI=1S/C22H23ClF5N7O/c1-12-5-21(24,25)11-35(17(12)10-34-20-32-6-13(7-33-20)22(26,27)28)19(36)18(29)15(9-30-2)16-4-3-14(23)8-31-16/h3-4,6-9,12,17H,5,10-11,29H2,1-2H3,(H,32,33,34)/t12-,17?/m1/s1. The molecular formula is C22H23ClF5N7O. The largest absolute Gasteiger partial charge is 0.419 e. The number of rotatable bonds is 6. The minimum atomic E-state index is -4.60. The number of piperidine rings is 1. The van der Waals surface area contributed by atoms with Crippen molar-refractivity contribution >= 4 is 35.2 Å². The summed E-state index contributed by atoms with van der Waals surface area (Å²) in [5.41, 5.74) is 5.14. The van der Waals surface area contributed by atoms with Crippen molar-refractivity contribution in [3.63, 3.8) is 0 Å². The maximum atomic E-state index is 14.5. The second kappa shape index (κ2) is 10.7. The molecule has 36 heavy (non-hydrogen) atoms. The molecule has 194 valence electrons. The van der Waals surface area contributed by atoms with Crippen LogP contribution in [0.1, 0.15) is 24.6 Å². The van der Waals surface area contributed by atoms with E-state index in [9.17, 15) is 26.7 Å². The van der Waals surface area contributed by atoms with Crippen LogP contribution in [0.4, 0.5) is 27.9 Å². The number of hydrogen-bond donors (Lipinski definition) is 2. The van der Waals surface area contributed by atoms with Crippen LogP contribution in [0.2, 0.25) is 5.02 Å². The highest BCUT2D eigenvalue weighted by molar-refractivity contribution is 6.30. The fourth-order valence-corrected chi connectivity index (χ4v) is 3.96. The number of nitrogens with one attached hydrogen (secondary N) is 1. The minimum absolute atomic E-state index is 0.0992. The summed E-state index contributed by atoms with van der Waals surface area (Å²) >= 11 is 5.87. The van der Waals surface area contributed by atoms with Crippen molar-refractivity contribution < 1.29 is 26.7 Å². The lowest BCUT2D eigenvalue weighted by atomic mass is 9.88. The highest BCUT2D eigenvalue weighted by Crippen LogP contribution is 2.35.